The molecule has 0 aliphatic carbocycles. The molecule has 0 spiro atoms. The van der Waals surface area contributed by atoms with Gasteiger partial charge in [0.1, 0.15) is 5.82 Å². The van der Waals surface area contributed by atoms with Crippen molar-refractivity contribution in [1.82, 2.24) is 0 Å². The van der Waals surface area contributed by atoms with Crippen molar-refractivity contribution in [2.45, 2.75) is 26.2 Å². The van der Waals surface area contributed by atoms with Crippen molar-refractivity contribution in [3.8, 4) is 11.1 Å². The van der Waals surface area contributed by atoms with Gasteiger partial charge >= 0.3 is 11.9 Å². The van der Waals surface area contributed by atoms with Crippen LogP contribution in [0.5, 0.6) is 0 Å². The van der Waals surface area contributed by atoms with E-state index in [2.05, 4.69) is 0 Å². The quantitative estimate of drug-likeness (QED) is 0.589. The third kappa shape index (κ3) is 3.71. The van der Waals surface area contributed by atoms with Gasteiger partial charge in [0.25, 0.3) is 0 Å². The van der Waals surface area contributed by atoms with E-state index >= 15 is 0 Å². The first-order valence-corrected chi connectivity index (χ1v) is 8.15. The van der Waals surface area contributed by atoms with E-state index in [9.17, 15) is 14.0 Å². The first-order valence-electron chi connectivity index (χ1n) is 8.15. The number of carbonyl (C=O) groups is 2. The molecule has 0 saturated carbocycles. The maximum absolute atomic E-state index is 14.7. The van der Waals surface area contributed by atoms with Crippen molar-refractivity contribution in [3.63, 3.8) is 0 Å². The Morgan fingerprint density at radius 3 is 2.00 bits per heavy atom. The van der Waals surface area contributed by atoms with E-state index < -0.39 is 23.2 Å². The van der Waals surface area contributed by atoms with Crippen LogP contribution in [0.25, 0.3) is 11.1 Å². The number of esters is 2. The number of halogens is 1. The maximum atomic E-state index is 14.7. The van der Waals surface area contributed by atoms with Crippen LogP contribution in [0.2, 0.25) is 0 Å². The van der Waals surface area contributed by atoms with Crippen molar-refractivity contribution in [1.29, 1.82) is 0 Å². The van der Waals surface area contributed by atoms with Gasteiger partial charge < -0.3 is 9.47 Å². The molecule has 2 rings (SSSR count). The van der Waals surface area contributed by atoms with E-state index in [4.69, 9.17) is 9.47 Å². The number of rotatable bonds is 6. The summed E-state index contributed by atoms with van der Waals surface area (Å²) >= 11 is 0. The minimum Gasteiger partial charge on any atom is -0.465 e. The summed E-state index contributed by atoms with van der Waals surface area (Å²) in [6, 6.07) is 13.3. The molecular formula is C20H21FO4. The average molecular weight is 344 g/mol. The topological polar surface area (TPSA) is 52.6 Å². The predicted octanol–water partition coefficient (Wildman–Crippen LogP) is 3.88. The number of benzene rings is 2. The number of hydrogen-bond donors (Lipinski definition) is 0. The second-order valence-corrected chi connectivity index (χ2v) is 5.63. The van der Waals surface area contributed by atoms with E-state index in [1.54, 1.807) is 38.1 Å². The molecule has 0 N–H and O–H groups in total. The van der Waals surface area contributed by atoms with Crippen LogP contribution in [0.1, 0.15) is 26.3 Å². The molecule has 0 aliphatic rings. The molecule has 5 heteroatoms. The van der Waals surface area contributed by atoms with Crippen LogP contribution in [0, 0.1) is 5.82 Å². The lowest BCUT2D eigenvalue weighted by Gasteiger charge is -2.25. The van der Waals surface area contributed by atoms with E-state index in [0.717, 1.165) is 0 Å². The maximum Gasteiger partial charge on any atom is 0.327 e. The fourth-order valence-electron chi connectivity index (χ4n) is 2.55. The Morgan fingerprint density at radius 2 is 1.52 bits per heavy atom. The van der Waals surface area contributed by atoms with Gasteiger partial charge in [0.15, 0.2) is 5.41 Å². The predicted molar refractivity (Wildman–Crippen MR) is 92.5 cm³/mol. The second kappa shape index (κ2) is 7.92. The molecule has 0 amide bonds. The van der Waals surface area contributed by atoms with Gasteiger partial charge in [-0.2, -0.15) is 0 Å². The Hall–Kier alpha value is -2.69. The molecule has 0 aromatic heterocycles. The third-order valence-electron chi connectivity index (χ3n) is 4.00. The van der Waals surface area contributed by atoms with E-state index in [0.29, 0.717) is 11.1 Å². The Bertz CT molecular complexity index is 738. The Kier molecular flexibility index (Phi) is 5.91. The summed E-state index contributed by atoms with van der Waals surface area (Å²) in [7, 11) is 0. The van der Waals surface area contributed by atoms with Crippen LogP contribution >= 0.6 is 0 Å². The molecule has 0 radical (unpaired) electrons. The molecule has 0 unspecified atom stereocenters. The van der Waals surface area contributed by atoms with E-state index in [1.165, 1.54) is 13.0 Å². The number of hydrogen-bond acceptors (Lipinski definition) is 4. The van der Waals surface area contributed by atoms with Crippen LogP contribution < -0.4 is 0 Å². The summed E-state index contributed by atoms with van der Waals surface area (Å²) in [5, 5.41) is 0. The first kappa shape index (κ1) is 18.6. The van der Waals surface area contributed by atoms with E-state index in [1.807, 2.05) is 18.2 Å². The monoisotopic (exact) mass is 344 g/mol. The molecule has 0 atom stereocenters. The van der Waals surface area contributed by atoms with Gasteiger partial charge in [0.2, 0.25) is 0 Å². The van der Waals surface area contributed by atoms with Crippen LogP contribution in [0.3, 0.4) is 0 Å². The second-order valence-electron chi connectivity index (χ2n) is 5.63. The summed E-state index contributed by atoms with van der Waals surface area (Å²) in [6.45, 7) is 4.89. The molecular weight excluding hydrogens is 323 g/mol. The SMILES string of the molecule is CCOC(=O)C(C)(C(=O)OCC)c1ccc(-c2ccccc2)c(F)c1. The van der Waals surface area contributed by atoms with Crippen molar-refractivity contribution in [3.05, 3.63) is 59.9 Å². The van der Waals surface area contributed by atoms with Gasteiger partial charge in [-0.15, -0.1) is 0 Å². The fourth-order valence-corrected chi connectivity index (χ4v) is 2.55. The molecule has 0 aliphatic heterocycles. The highest BCUT2D eigenvalue weighted by Crippen LogP contribution is 2.31. The van der Waals surface area contributed by atoms with Crippen molar-refractivity contribution in [2.75, 3.05) is 13.2 Å². The normalized spacial score (nSPS) is 11.0. The van der Waals surface area contributed by atoms with Crippen molar-refractivity contribution < 1.29 is 23.5 Å². The zero-order valence-corrected chi connectivity index (χ0v) is 14.5. The highest BCUT2D eigenvalue weighted by atomic mass is 19.1. The highest BCUT2D eigenvalue weighted by Gasteiger charge is 2.46. The van der Waals surface area contributed by atoms with Gasteiger partial charge in [-0.25, -0.2) is 4.39 Å². The summed E-state index contributed by atoms with van der Waals surface area (Å²) in [5.74, 6) is -2.05. The summed E-state index contributed by atoms with van der Waals surface area (Å²) in [6.07, 6.45) is 0. The lowest BCUT2D eigenvalue weighted by atomic mass is 9.81. The molecule has 0 fully saturated rings. The lowest BCUT2D eigenvalue weighted by Crippen LogP contribution is -2.43. The molecule has 4 nitrogen and oxygen atoms in total. The van der Waals surface area contributed by atoms with E-state index in [-0.39, 0.29) is 18.8 Å². The number of ether oxygens (including phenoxy) is 2. The lowest BCUT2D eigenvalue weighted by molar-refractivity contribution is -0.163. The average Bonchev–Trinajstić information content (AvgIpc) is 2.62. The Labute approximate surface area is 146 Å². The zero-order valence-electron chi connectivity index (χ0n) is 14.5. The number of carbonyl (C=O) groups excluding carboxylic acids is 2. The van der Waals surface area contributed by atoms with Crippen LogP contribution in [0.4, 0.5) is 4.39 Å². The van der Waals surface area contributed by atoms with Crippen molar-refractivity contribution >= 4 is 11.9 Å². The highest BCUT2D eigenvalue weighted by molar-refractivity contribution is 6.06. The van der Waals surface area contributed by atoms with Crippen LogP contribution in [-0.4, -0.2) is 25.2 Å². The molecule has 0 saturated heterocycles. The van der Waals surface area contributed by atoms with Gasteiger partial charge in [-0.05, 0) is 38.0 Å². The first-order chi connectivity index (χ1) is 11.9. The largest absolute Gasteiger partial charge is 0.465 e. The van der Waals surface area contributed by atoms with Crippen molar-refractivity contribution in [2.24, 2.45) is 0 Å². The minimum atomic E-state index is -1.72. The molecule has 0 heterocycles. The molecule has 132 valence electrons. The fraction of sp³-hybridized carbons (Fsp3) is 0.300. The molecule has 25 heavy (non-hydrogen) atoms. The molecule has 2 aromatic carbocycles. The van der Waals surface area contributed by atoms with Crippen LogP contribution in [-0.2, 0) is 24.5 Å². The Morgan fingerprint density at radius 1 is 0.960 bits per heavy atom. The molecule has 2 aromatic rings. The summed E-state index contributed by atoms with van der Waals surface area (Å²) in [5.41, 5.74) is -0.427. The smallest absolute Gasteiger partial charge is 0.327 e. The minimum absolute atomic E-state index is 0.110. The van der Waals surface area contributed by atoms with Gasteiger partial charge in [-0.1, -0.05) is 42.5 Å². The summed E-state index contributed by atoms with van der Waals surface area (Å²) < 4.78 is 24.7. The third-order valence-corrected chi connectivity index (χ3v) is 4.00. The van der Waals surface area contributed by atoms with Gasteiger partial charge in [0, 0.05) is 5.56 Å². The zero-order chi connectivity index (χ0) is 18.4. The van der Waals surface area contributed by atoms with Gasteiger partial charge in [0.05, 0.1) is 13.2 Å². The Balaban J connectivity index is 2.50. The standard InChI is InChI=1S/C20H21FO4/c1-4-24-18(22)20(3,19(23)25-5-2)15-11-12-16(17(21)13-15)14-9-7-6-8-10-14/h6-13H,4-5H2,1-3H3. The summed E-state index contributed by atoms with van der Waals surface area (Å²) in [4.78, 5) is 24.8. The van der Waals surface area contributed by atoms with Gasteiger partial charge in [-0.3, -0.25) is 9.59 Å². The molecule has 0 bridgehead atoms. The van der Waals surface area contributed by atoms with Crippen LogP contribution in [0.15, 0.2) is 48.5 Å².